The maximum atomic E-state index is 12.9. The molecule has 0 unspecified atom stereocenters. The molecular weight excluding hydrogens is 424 g/mol. The first-order chi connectivity index (χ1) is 9.90. The molecule has 0 N–H and O–H groups in total. The highest BCUT2D eigenvalue weighted by molar-refractivity contribution is 9.10. The third kappa shape index (κ3) is 3.25. The van der Waals surface area contributed by atoms with Crippen LogP contribution >= 0.6 is 31.9 Å². The van der Waals surface area contributed by atoms with Gasteiger partial charge in [-0.3, -0.25) is 0 Å². The molecule has 112 valence electrons. The van der Waals surface area contributed by atoms with Gasteiger partial charge in [0.25, 0.3) is 0 Å². The van der Waals surface area contributed by atoms with Crippen LogP contribution in [0.4, 0.5) is 0 Å². The summed E-state index contributed by atoms with van der Waals surface area (Å²) in [5.41, 5.74) is 0. The van der Waals surface area contributed by atoms with E-state index in [1.165, 1.54) is 26.4 Å². The van der Waals surface area contributed by atoms with Gasteiger partial charge in [-0.2, -0.15) is 0 Å². The maximum Gasteiger partial charge on any atom is 0.213 e. The molecule has 4 nitrogen and oxygen atoms in total. The van der Waals surface area contributed by atoms with E-state index in [9.17, 15) is 8.42 Å². The van der Waals surface area contributed by atoms with Crippen LogP contribution in [0.2, 0.25) is 0 Å². The molecule has 7 heteroatoms. The van der Waals surface area contributed by atoms with Gasteiger partial charge in [-0.25, -0.2) is 8.42 Å². The third-order valence-corrected chi connectivity index (χ3v) is 5.61. The zero-order valence-electron chi connectivity index (χ0n) is 11.3. The average Bonchev–Trinajstić information content (AvgIpc) is 2.47. The molecule has 0 atom stereocenters. The summed E-state index contributed by atoms with van der Waals surface area (Å²) < 4.78 is 37.4. The summed E-state index contributed by atoms with van der Waals surface area (Å²) in [5, 5.41) is 0. The van der Waals surface area contributed by atoms with Gasteiger partial charge in [0.15, 0.2) is 0 Å². The highest BCUT2D eigenvalue weighted by Gasteiger charge is 2.26. The first kappa shape index (κ1) is 16.3. The van der Waals surface area contributed by atoms with Gasteiger partial charge in [-0.15, -0.1) is 0 Å². The lowest BCUT2D eigenvalue weighted by molar-refractivity contribution is 0.398. The van der Waals surface area contributed by atoms with E-state index in [0.29, 0.717) is 8.95 Å². The van der Waals surface area contributed by atoms with Crippen molar-refractivity contribution in [3.63, 3.8) is 0 Å². The quantitative estimate of drug-likeness (QED) is 0.726. The summed E-state index contributed by atoms with van der Waals surface area (Å²) in [6.45, 7) is 0. The molecule has 2 aromatic carbocycles. The second-order valence-electron chi connectivity index (χ2n) is 4.09. The summed E-state index contributed by atoms with van der Waals surface area (Å²) in [7, 11) is -0.918. The smallest absolute Gasteiger partial charge is 0.213 e. The Kier molecular flexibility index (Phi) is 4.95. The van der Waals surface area contributed by atoms with Gasteiger partial charge in [0.05, 0.1) is 14.2 Å². The Labute approximate surface area is 140 Å². The minimum absolute atomic E-state index is 0.0794. The second-order valence-corrected chi connectivity index (χ2v) is 7.81. The third-order valence-electron chi connectivity index (χ3n) is 2.83. The molecule has 0 saturated carbocycles. The maximum absolute atomic E-state index is 12.9. The largest absolute Gasteiger partial charge is 0.495 e. The monoisotopic (exact) mass is 434 g/mol. The zero-order valence-corrected chi connectivity index (χ0v) is 15.2. The molecule has 2 rings (SSSR count). The number of halogens is 2. The average molecular weight is 436 g/mol. The molecule has 0 heterocycles. The predicted molar refractivity (Wildman–Crippen MR) is 86.8 cm³/mol. The molecule has 0 spiro atoms. The van der Waals surface area contributed by atoms with Crippen molar-refractivity contribution in [2.24, 2.45) is 0 Å². The molecule has 0 aliphatic carbocycles. The summed E-state index contributed by atoms with van der Waals surface area (Å²) >= 11 is 6.56. The van der Waals surface area contributed by atoms with Crippen LogP contribution in [0.25, 0.3) is 0 Å². The van der Waals surface area contributed by atoms with Crippen LogP contribution in [0.1, 0.15) is 0 Å². The number of hydrogen-bond donors (Lipinski definition) is 0. The van der Waals surface area contributed by atoms with E-state index in [-0.39, 0.29) is 21.3 Å². The Morgan fingerprint density at radius 1 is 0.810 bits per heavy atom. The fraction of sp³-hybridized carbons (Fsp3) is 0.143. The summed E-state index contributed by atoms with van der Waals surface area (Å²) in [4.78, 5) is 0.159. The van der Waals surface area contributed by atoms with Gasteiger partial charge in [-0.1, -0.05) is 31.9 Å². The summed E-state index contributed by atoms with van der Waals surface area (Å²) in [6.07, 6.45) is 0. The lowest BCUT2D eigenvalue weighted by Gasteiger charge is -2.13. The molecular formula is C14H12Br2O4S. The van der Waals surface area contributed by atoms with E-state index in [2.05, 4.69) is 31.9 Å². The van der Waals surface area contributed by atoms with E-state index < -0.39 is 9.84 Å². The van der Waals surface area contributed by atoms with Crippen molar-refractivity contribution in [3.05, 3.63) is 45.3 Å². The molecule has 0 aliphatic rings. The molecule has 0 amide bonds. The van der Waals surface area contributed by atoms with E-state index >= 15 is 0 Å². The number of methoxy groups -OCH3 is 2. The van der Waals surface area contributed by atoms with Gasteiger partial charge in [0, 0.05) is 8.95 Å². The Balaban J connectivity index is 2.73. The van der Waals surface area contributed by atoms with E-state index in [1.807, 2.05) is 0 Å². The van der Waals surface area contributed by atoms with Crippen LogP contribution in [-0.4, -0.2) is 22.6 Å². The zero-order chi connectivity index (χ0) is 15.6. The van der Waals surface area contributed by atoms with Crippen LogP contribution < -0.4 is 9.47 Å². The first-order valence-electron chi connectivity index (χ1n) is 5.82. The van der Waals surface area contributed by atoms with Gasteiger partial charge >= 0.3 is 0 Å². The number of sulfone groups is 1. The molecule has 2 aromatic rings. The fourth-order valence-corrected chi connectivity index (χ4v) is 4.50. The van der Waals surface area contributed by atoms with Crippen molar-refractivity contribution in [1.82, 2.24) is 0 Å². The van der Waals surface area contributed by atoms with Crippen molar-refractivity contribution < 1.29 is 17.9 Å². The predicted octanol–water partition coefficient (Wildman–Crippen LogP) is 4.06. The summed E-state index contributed by atoms with van der Waals surface area (Å²) in [6, 6.07) is 9.65. The van der Waals surface area contributed by atoms with Crippen molar-refractivity contribution in [2.45, 2.75) is 9.79 Å². The molecule has 0 aromatic heterocycles. The van der Waals surface area contributed by atoms with Crippen LogP contribution in [0.15, 0.2) is 55.1 Å². The normalized spacial score (nSPS) is 11.2. The van der Waals surface area contributed by atoms with Crippen molar-refractivity contribution in [1.29, 1.82) is 0 Å². The Bertz CT molecular complexity index is 713. The van der Waals surface area contributed by atoms with Gasteiger partial charge < -0.3 is 9.47 Å². The van der Waals surface area contributed by atoms with Crippen molar-refractivity contribution in [2.75, 3.05) is 14.2 Å². The van der Waals surface area contributed by atoms with Crippen LogP contribution in [0.3, 0.4) is 0 Å². The van der Waals surface area contributed by atoms with Gasteiger partial charge in [-0.05, 0) is 36.4 Å². The fourth-order valence-electron chi connectivity index (χ4n) is 1.84. The first-order valence-corrected chi connectivity index (χ1v) is 8.89. The SMILES string of the molecule is COc1ccc(Br)cc1S(=O)(=O)c1cc(Br)ccc1OC. The van der Waals surface area contributed by atoms with E-state index in [4.69, 9.17) is 9.47 Å². The molecule has 0 aliphatic heterocycles. The van der Waals surface area contributed by atoms with Gasteiger partial charge in [0.2, 0.25) is 9.84 Å². The highest BCUT2D eigenvalue weighted by atomic mass is 79.9. The molecule has 0 radical (unpaired) electrons. The topological polar surface area (TPSA) is 52.6 Å². The highest BCUT2D eigenvalue weighted by Crippen LogP contribution is 2.36. The van der Waals surface area contributed by atoms with Crippen LogP contribution in [0.5, 0.6) is 11.5 Å². The van der Waals surface area contributed by atoms with Crippen molar-refractivity contribution >= 4 is 41.7 Å². The molecule has 0 saturated heterocycles. The van der Waals surface area contributed by atoms with Gasteiger partial charge in [0.1, 0.15) is 21.3 Å². The second kappa shape index (κ2) is 6.37. The minimum Gasteiger partial charge on any atom is -0.495 e. The minimum atomic E-state index is -3.78. The molecule has 21 heavy (non-hydrogen) atoms. The van der Waals surface area contributed by atoms with E-state index in [1.54, 1.807) is 24.3 Å². The Hall–Kier alpha value is -1.05. The lowest BCUT2D eigenvalue weighted by atomic mass is 10.3. The number of hydrogen-bond acceptors (Lipinski definition) is 4. The van der Waals surface area contributed by atoms with Crippen molar-refractivity contribution in [3.8, 4) is 11.5 Å². The van der Waals surface area contributed by atoms with Crippen LogP contribution in [-0.2, 0) is 9.84 Å². The van der Waals surface area contributed by atoms with Crippen LogP contribution in [0, 0.1) is 0 Å². The Morgan fingerprint density at radius 3 is 1.52 bits per heavy atom. The van der Waals surface area contributed by atoms with E-state index in [0.717, 1.165) is 0 Å². The lowest BCUT2D eigenvalue weighted by Crippen LogP contribution is -2.06. The number of ether oxygens (including phenoxy) is 2. The standard InChI is InChI=1S/C14H12Br2O4S/c1-19-11-5-3-9(15)7-13(11)21(17,18)14-8-10(16)4-6-12(14)20-2/h3-8H,1-2H3. The summed E-state index contributed by atoms with van der Waals surface area (Å²) in [5.74, 6) is 0.556. The number of benzene rings is 2. The number of rotatable bonds is 4. The molecule has 0 bridgehead atoms. The Morgan fingerprint density at radius 2 is 1.19 bits per heavy atom. The molecule has 0 fully saturated rings.